The Morgan fingerprint density at radius 2 is 2.13 bits per heavy atom. The van der Waals surface area contributed by atoms with E-state index in [1.807, 2.05) is 5.43 Å². The molecule has 4 atom stereocenters. The van der Waals surface area contributed by atoms with Crippen LogP contribution in [0.4, 0.5) is 5.82 Å². The Bertz CT molecular complexity index is 749. The van der Waals surface area contributed by atoms with E-state index < -0.39 is 37.1 Å². The van der Waals surface area contributed by atoms with Gasteiger partial charge in [0, 0.05) is 6.20 Å². The highest BCUT2D eigenvalue weighted by molar-refractivity contribution is 6.09. The molecule has 8 N–H and O–H groups in total. The number of carbonyl (C=O) groups is 1. The van der Waals surface area contributed by atoms with Crippen LogP contribution in [0.3, 0.4) is 0 Å². The molecule has 11 heteroatoms. The molecule has 0 radical (unpaired) electrons. The number of nitrogen functional groups attached to an aromatic ring is 2. The standard InChI is InChI=1S/C12H16N6O5/c13-9-6-4(11(22)17-14)1-18(10(6)16-3-15-9)12-8(21)7(20)5(2-19)23-12/h1,3,5,7-8,12,19-21H,2,14H2,(H,17,22)(H2,13,15,16)/t5-,7-,8-,12-/m1/s1. The molecule has 1 fully saturated rings. The van der Waals surface area contributed by atoms with Crippen LogP contribution >= 0.6 is 0 Å². The SMILES string of the molecule is NNC(=O)c1cn([C@@H]2O[C@H](CO)[C@@H](O)[C@H]2O)c2ncnc(N)c12. The maximum Gasteiger partial charge on any atom is 0.267 e. The Labute approximate surface area is 129 Å². The normalized spacial score (nSPS) is 27.5. The van der Waals surface area contributed by atoms with Crippen molar-refractivity contribution >= 4 is 22.8 Å². The first kappa shape index (κ1) is 15.6. The van der Waals surface area contributed by atoms with Crippen molar-refractivity contribution in [2.45, 2.75) is 24.5 Å². The maximum atomic E-state index is 11.9. The van der Waals surface area contributed by atoms with Crippen molar-refractivity contribution < 1.29 is 24.9 Å². The van der Waals surface area contributed by atoms with Crippen LogP contribution in [0.5, 0.6) is 0 Å². The van der Waals surface area contributed by atoms with E-state index in [2.05, 4.69) is 9.97 Å². The second kappa shape index (κ2) is 5.72. The molecule has 0 bridgehead atoms. The predicted molar refractivity (Wildman–Crippen MR) is 76.6 cm³/mol. The molecule has 0 aromatic carbocycles. The number of hydrazine groups is 1. The molecule has 23 heavy (non-hydrogen) atoms. The third kappa shape index (κ3) is 2.31. The molecule has 1 aliphatic heterocycles. The summed E-state index contributed by atoms with van der Waals surface area (Å²) in [6, 6.07) is 0. The maximum absolute atomic E-state index is 11.9. The third-order valence-electron chi connectivity index (χ3n) is 3.81. The van der Waals surface area contributed by atoms with Crippen LogP contribution in [-0.2, 0) is 4.74 Å². The number of ether oxygens (including phenoxy) is 1. The molecule has 0 unspecified atom stereocenters. The Balaban J connectivity index is 2.16. The summed E-state index contributed by atoms with van der Waals surface area (Å²) >= 11 is 0. The van der Waals surface area contributed by atoms with Crippen molar-refractivity contribution in [1.82, 2.24) is 20.0 Å². The van der Waals surface area contributed by atoms with Crippen molar-refractivity contribution in [2.24, 2.45) is 5.84 Å². The van der Waals surface area contributed by atoms with Gasteiger partial charge in [0.15, 0.2) is 6.23 Å². The minimum atomic E-state index is -1.33. The quantitative estimate of drug-likeness (QED) is 0.198. The lowest BCUT2D eigenvalue weighted by molar-refractivity contribution is -0.0509. The average Bonchev–Trinajstić information content (AvgIpc) is 3.07. The smallest absolute Gasteiger partial charge is 0.267 e. The molecule has 3 rings (SSSR count). The van der Waals surface area contributed by atoms with Gasteiger partial charge < -0.3 is 30.4 Å². The summed E-state index contributed by atoms with van der Waals surface area (Å²) in [5.41, 5.74) is 8.11. The minimum absolute atomic E-state index is 0.0547. The topological polar surface area (TPSA) is 182 Å². The van der Waals surface area contributed by atoms with Crippen LogP contribution in [0.25, 0.3) is 11.0 Å². The summed E-state index contributed by atoms with van der Waals surface area (Å²) in [7, 11) is 0. The second-order valence-electron chi connectivity index (χ2n) is 5.11. The monoisotopic (exact) mass is 324 g/mol. The third-order valence-corrected chi connectivity index (χ3v) is 3.81. The van der Waals surface area contributed by atoms with Crippen LogP contribution in [0.15, 0.2) is 12.5 Å². The van der Waals surface area contributed by atoms with Crippen LogP contribution in [0.1, 0.15) is 16.6 Å². The van der Waals surface area contributed by atoms with E-state index in [1.165, 1.54) is 17.1 Å². The number of hydrogen-bond donors (Lipinski definition) is 6. The molecule has 0 saturated carbocycles. The lowest BCUT2D eigenvalue weighted by atomic mass is 10.1. The van der Waals surface area contributed by atoms with Crippen molar-refractivity contribution in [3.05, 3.63) is 18.1 Å². The first-order chi connectivity index (χ1) is 11.0. The number of hydrogen-bond acceptors (Lipinski definition) is 9. The Hall–Kier alpha value is -2.31. The molecule has 11 nitrogen and oxygen atoms in total. The van der Waals surface area contributed by atoms with Crippen LogP contribution < -0.4 is 17.0 Å². The van der Waals surface area contributed by atoms with Crippen molar-refractivity contribution in [1.29, 1.82) is 0 Å². The molecule has 0 spiro atoms. The number of anilines is 1. The Kier molecular flexibility index (Phi) is 3.87. The summed E-state index contributed by atoms with van der Waals surface area (Å²) in [6.07, 6.45) is -2.09. The number of aliphatic hydroxyl groups is 3. The van der Waals surface area contributed by atoms with Gasteiger partial charge >= 0.3 is 0 Å². The summed E-state index contributed by atoms with van der Waals surface area (Å²) in [5, 5.41) is 29.4. The van der Waals surface area contributed by atoms with Gasteiger partial charge in [-0.25, -0.2) is 15.8 Å². The number of carbonyl (C=O) groups excluding carboxylic acids is 1. The van der Waals surface area contributed by atoms with E-state index in [9.17, 15) is 20.1 Å². The summed E-state index contributed by atoms with van der Waals surface area (Å²) in [4.78, 5) is 19.8. The fourth-order valence-electron chi connectivity index (χ4n) is 2.66. The van der Waals surface area contributed by atoms with Crippen LogP contribution in [-0.4, -0.2) is 60.7 Å². The molecule has 1 saturated heterocycles. The van der Waals surface area contributed by atoms with Gasteiger partial charge in [-0.15, -0.1) is 0 Å². The van der Waals surface area contributed by atoms with Gasteiger partial charge in [0.05, 0.1) is 17.6 Å². The van der Waals surface area contributed by atoms with E-state index >= 15 is 0 Å². The van der Waals surface area contributed by atoms with Gasteiger partial charge in [-0.1, -0.05) is 0 Å². The van der Waals surface area contributed by atoms with Crippen LogP contribution in [0, 0.1) is 0 Å². The van der Waals surface area contributed by atoms with Gasteiger partial charge in [0.1, 0.15) is 36.1 Å². The predicted octanol–water partition coefficient (Wildman–Crippen LogP) is -2.77. The van der Waals surface area contributed by atoms with Crippen molar-refractivity contribution in [2.75, 3.05) is 12.3 Å². The largest absolute Gasteiger partial charge is 0.394 e. The summed E-state index contributed by atoms with van der Waals surface area (Å²) < 4.78 is 6.79. The zero-order valence-electron chi connectivity index (χ0n) is 11.8. The first-order valence-corrected chi connectivity index (χ1v) is 6.74. The Morgan fingerprint density at radius 3 is 2.74 bits per heavy atom. The number of nitrogens with one attached hydrogen (secondary N) is 1. The zero-order valence-corrected chi connectivity index (χ0v) is 11.8. The molecule has 3 heterocycles. The lowest BCUT2D eigenvalue weighted by Crippen LogP contribution is -2.33. The van der Waals surface area contributed by atoms with Gasteiger partial charge in [-0.3, -0.25) is 10.2 Å². The van der Waals surface area contributed by atoms with E-state index in [1.54, 1.807) is 0 Å². The molecular formula is C12H16N6O5. The zero-order chi connectivity index (χ0) is 16.7. The van der Waals surface area contributed by atoms with E-state index in [0.29, 0.717) is 0 Å². The number of rotatable bonds is 3. The highest BCUT2D eigenvalue weighted by atomic mass is 16.6. The number of amides is 1. The first-order valence-electron chi connectivity index (χ1n) is 6.74. The van der Waals surface area contributed by atoms with Crippen molar-refractivity contribution in [3.63, 3.8) is 0 Å². The molecule has 2 aromatic heterocycles. The molecule has 1 aliphatic rings. The summed E-state index contributed by atoms with van der Waals surface area (Å²) in [5.74, 6) is 4.59. The molecule has 2 aromatic rings. The fourth-order valence-corrected chi connectivity index (χ4v) is 2.66. The van der Waals surface area contributed by atoms with E-state index in [-0.39, 0.29) is 22.4 Å². The number of aromatic nitrogens is 3. The highest BCUT2D eigenvalue weighted by Gasteiger charge is 2.44. The van der Waals surface area contributed by atoms with Gasteiger partial charge in [-0.05, 0) is 0 Å². The highest BCUT2D eigenvalue weighted by Crippen LogP contribution is 2.34. The van der Waals surface area contributed by atoms with Gasteiger partial charge in [-0.2, -0.15) is 0 Å². The lowest BCUT2D eigenvalue weighted by Gasteiger charge is -2.17. The van der Waals surface area contributed by atoms with E-state index in [0.717, 1.165) is 0 Å². The second-order valence-corrected chi connectivity index (χ2v) is 5.11. The molecule has 0 aliphatic carbocycles. The number of fused-ring (bicyclic) bond motifs is 1. The molecule has 1 amide bonds. The van der Waals surface area contributed by atoms with Crippen molar-refractivity contribution in [3.8, 4) is 0 Å². The van der Waals surface area contributed by atoms with Crippen LogP contribution in [0.2, 0.25) is 0 Å². The van der Waals surface area contributed by atoms with Gasteiger partial charge in [0.25, 0.3) is 5.91 Å². The van der Waals surface area contributed by atoms with E-state index in [4.69, 9.17) is 16.3 Å². The minimum Gasteiger partial charge on any atom is -0.394 e. The molecular weight excluding hydrogens is 308 g/mol. The number of nitrogens with zero attached hydrogens (tertiary/aromatic N) is 3. The number of aliphatic hydroxyl groups excluding tert-OH is 3. The molecule has 124 valence electrons. The number of nitrogens with two attached hydrogens (primary N) is 2. The van der Waals surface area contributed by atoms with Gasteiger partial charge in [0.2, 0.25) is 0 Å². The summed E-state index contributed by atoms with van der Waals surface area (Å²) in [6.45, 7) is -0.471. The Morgan fingerprint density at radius 1 is 1.39 bits per heavy atom. The fraction of sp³-hybridized carbons (Fsp3) is 0.417. The average molecular weight is 324 g/mol.